The van der Waals surface area contributed by atoms with Crippen molar-refractivity contribution in [2.45, 2.75) is 18.9 Å². The molecule has 0 spiro atoms. The minimum atomic E-state index is -0.000806. The van der Waals surface area contributed by atoms with Crippen molar-refractivity contribution in [1.29, 1.82) is 0 Å². The Labute approximate surface area is 124 Å². The topological polar surface area (TPSA) is 70.6 Å². The van der Waals surface area contributed by atoms with Crippen molar-refractivity contribution in [3.63, 3.8) is 0 Å². The van der Waals surface area contributed by atoms with Gasteiger partial charge in [0.05, 0.1) is 6.10 Å². The summed E-state index contributed by atoms with van der Waals surface area (Å²) in [6, 6.07) is 1.80. The van der Waals surface area contributed by atoms with Crippen LogP contribution in [0.15, 0.2) is 18.5 Å². The van der Waals surface area contributed by atoms with Crippen LogP contribution in [0.2, 0.25) is 0 Å². The Morgan fingerprint density at radius 1 is 1.29 bits per heavy atom. The SMILES string of the molecule is O=C(NCC1CCCO1)N1CCN(c2ncccn2)CC1. The van der Waals surface area contributed by atoms with E-state index in [4.69, 9.17) is 4.74 Å². The van der Waals surface area contributed by atoms with E-state index in [0.717, 1.165) is 38.5 Å². The number of aromatic nitrogens is 2. The van der Waals surface area contributed by atoms with Crippen LogP contribution in [-0.2, 0) is 4.74 Å². The van der Waals surface area contributed by atoms with Gasteiger partial charge in [0.2, 0.25) is 5.95 Å². The number of anilines is 1. The maximum atomic E-state index is 12.1. The molecule has 114 valence electrons. The van der Waals surface area contributed by atoms with Crippen molar-refractivity contribution < 1.29 is 9.53 Å². The van der Waals surface area contributed by atoms with Gasteiger partial charge in [-0.05, 0) is 18.9 Å². The molecule has 0 bridgehead atoms. The zero-order valence-electron chi connectivity index (χ0n) is 12.1. The maximum Gasteiger partial charge on any atom is 0.317 e. The molecule has 7 nitrogen and oxygen atoms in total. The zero-order valence-corrected chi connectivity index (χ0v) is 12.1. The highest BCUT2D eigenvalue weighted by atomic mass is 16.5. The van der Waals surface area contributed by atoms with Crippen LogP contribution in [0.1, 0.15) is 12.8 Å². The normalized spacial score (nSPS) is 22.4. The molecule has 2 saturated heterocycles. The van der Waals surface area contributed by atoms with Crippen molar-refractivity contribution in [3.05, 3.63) is 18.5 Å². The van der Waals surface area contributed by atoms with E-state index in [0.29, 0.717) is 19.6 Å². The highest BCUT2D eigenvalue weighted by Gasteiger charge is 2.23. The van der Waals surface area contributed by atoms with Gasteiger partial charge in [0, 0.05) is 51.7 Å². The molecule has 1 aromatic rings. The van der Waals surface area contributed by atoms with E-state index in [1.54, 1.807) is 18.5 Å². The second kappa shape index (κ2) is 6.71. The van der Waals surface area contributed by atoms with Gasteiger partial charge in [-0.15, -0.1) is 0 Å². The van der Waals surface area contributed by atoms with Crippen molar-refractivity contribution in [2.24, 2.45) is 0 Å². The lowest BCUT2D eigenvalue weighted by Gasteiger charge is -2.34. The molecule has 3 heterocycles. The molecular weight excluding hydrogens is 270 g/mol. The van der Waals surface area contributed by atoms with Gasteiger partial charge in [0.1, 0.15) is 0 Å². The third-order valence-corrected chi connectivity index (χ3v) is 3.91. The summed E-state index contributed by atoms with van der Waals surface area (Å²) in [5.74, 6) is 0.733. The summed E-state index contributed by atoms with van der Waals surface area (Å²) >= 11 is 0. The first-order valence-electron chi connectivity index (χ1n) is 7.49. The molecule has 0 radical (unpaired) electrons. The number of urea groups is 1. The molecule has 1 atom stereocenters. The molecule has 1 unspecified atom stereocenters. The van der Waals surface area contributed by atoms with Crippen LogP contribution in [0.3, 0.4) is 0 Å². The Kier molecular flexibility index (Phi) is 4.49. The second-order valence-electron chi connectivity index (χ2n) is 5.34. The van der Waals surface area contributed by atoms with E-state index in [9.17, 15) is 4.79 Å². The molecule has 21 heavy (non-hydrogen) atoms. The van der Waals surface area contributed by atoms with E-state index in [1.807, 2.05) is 4.90 Å². The number of ether oxygens (including phenoxy) is 1. The number of hydrogen-bond donors (Lipinski definition) is 1. The number of rotatable bonds is 3. The van der Waals surface area contributed by atoms with Crippen LogP contribution in [-0.4, -0.2) is 66.3 Å². The molecule has 7 heteroatoms. The highest BCUT2D eigenvalue weighted by Crippen LogP contribution is 2.12. The third-order valence-electron chi connectivity index (χ3n) is 3.91. The molecule has 2 aliphatic rings. The fourth-order valence-electron chi connectivity index (χ4n) is 2.68. The number of nitrogens with zero attached hydrogens (tertiary/aromatic N) is 4. The van der Waals surface area contributed by atoms with Gasteiger partial charge in [-0.2, -0.15) is 0 Å². The quantitative estimate of drug-likeness (QED) is 0.877. The predicted molar refractivity (Wildman–Crippen MR) is 78.2 cm³/mol. The van der Waals surface area contributed by atoms with Crippen LogP contribution in [0.25, 0.3) is 0 Å². The molecular formula is C14H21N5O2. The van der Waals surface area contributed by atoms with E-state index in [-0.39, 0.29) is 12.1 Å². The lowest BCUT2D eigenvalue weighted by Crippen LogP contribution is -2.53. The Morgan fingerprint density at radius 2 is 2.05 bits per heavy atom. The molecule has 0 saturated carbocycles. The van der Waals surface area contributed by atoms with Gasteiger partial charge in [-0.1, -0.05) is 0 Å². The first-order valence-corrected chi connectivity index (χ1v) is 7.49. The Hall–Kier alpha value is -1.89. The van der Waals surface area contributed by atoms with Gasteiger partial charge in [-0.3, -0.25) is 0 Å². The fraction of sp³-hybridized carbons (Fsp3) is 0.643. The summed E-state index contributed by atoms with van der Waals surface area (Å²) in [5, 5.41) is 2.96. The first kappa shape index (κ1) is 14.1. The summed E-state index contributed by atoms with van der Waals surface area (Å²) in [5.41, 5.74) is 0. The standard InChI is InChI=1S/C14H21N5O2/c20-14(17-11-12-3-1-10-21-12)19-8-6-18(7-9-19)13-15-4-2-5-16-13/h2,4-5,12H,1,3,6-11H2,(H,17,20). The van der Waals surface area contributed by atoms with Crippen LogP contribution in [0.5, 0.6) is 0 Å². The largest absolute Gasteiger partial charge is 0.376 e. The van der Waals surface area contributed by atoms with Gasteiger partial charge in [-0.25, -0.2) is 14.8 Å². The molecule has 2 aliphatic heterocycles. The minimum Gasteiger partial charge on any atom is -0.376 e. The van der Waals surface area contributed by atoms with Crippen molar-refractivity contribution in [2.75, 3.05) is 44.2 Å². The lowest BCUT2D eigenvalue weighted by atomic mass is 10.2. The van der Waals surface area contributed by atoms with E-state index in [1.165, 1.54) is 0 Å². The zero-order chi connectivity index (χ0) is 14.5. The number of amides is 2. The predicted octanol–water partition coefficient (Wildman–Crippen LogP) is 0.487. The van der Waals surface area contributed by atoms with E-state index >= 15 is 0 Å². The van der Waals surface area contributed by atoms with E-state index in [2.05, 4.69) is 20.2 Å². The number of nitrogens with one attached hydrogen (secondary N) is 1. The Morgan fingerprint density at radius 3 is 2.71 bits per heavy atom. The van der Waals surface area contributed by atoms with Crippen molar-refractivity contribution >= 4 is 12.0 Å². The Balaban J connectivity index is 1.43. The minimum absolute atomic E-state index is 0.000806. The average Bonchev–Trinajstić information content (AvgIpc) is 3.07. The number of hydrogen-bond acceptors (Lipinski definition) is 5. The Bertz CT molecular complexity index is 456. The first-order chi connectivity index (χ1) is 10.3. The van der Waals surface area contributed by atoms with Gasteiger partial charge in [0.25, 0.3) is 0 Å². The van der Waals surface area contributed by atoms with Crippen LogP contribution in [0, 0.1) is 0 Å². The fourth-order valence-corrected chi connectivity index (χ4v) is 2.68. The lowest BCUT2D eigenvalue weighted by molar-refractivity contribution is 0.108. The van der Waals surface area contributed by atoms with Crippen LogP contribution < -0.4 is 10.2 Å². The molecule has 0 aromatic carbocycles. The van der Waals surface area contributed by atoms with Gasteiger partial charge >= 0.3 is 6.03 Å². The summed E-state index contributed by atoms with van der Waals surface area (Å²) in [7, 11) is 0. The number of carbonyl (C=O) groups excluding carboxylic acids is 1. The van der Waals surface area contributed by atoms with Crippen LogP contribution in [0.4, 0.5) is 10.7 Å². The summed E-state index contributed by atoms with van der Waals surface area (Å²) in [6.45, 7) is 4.33. The molecule has 1 aromatic heterocycles. The monoisotopic (exact) mass is 291 g/mol. The third kappa shape index (κ3) is 3.60. The second-order valence-corrected chi connectivity index (χ2v) is 5.34. The summed E-state index contributed by atoms with van der Waals surface area (Å²) < 4.78 is 5.51. The maximum absolute atomic E-state index is 12.1. The van der Waals surface area contributed by atoms with Gasteiger partial charge < -0.3 is 19.9 Å². The molecule has 1 N–H and O–H groups in total. The molecule has 0 aliphatic carbocycles. The van der Waals surface area contributed by atoms with Gasteiger partial charge in [0.15, 0.2) is 0 Å². The van der Waals surface area contributed by atoms with Crippen molar-refractivity contribution in [3.8, 4) is 0 Å². The van der Waals surface area contributed by atoms with Crippen LogP contribution >= 0.6 is 0 Å². The number of piperazine rings is 1. The smallest absolute Gasteiger partial charge is 0.317 e. The van der Waals surface area contributed by atoms with E-state index < -0.39 is 0 Å². The highest BCUT2D eigenvalue weighted by molar-refractivity contribution is 5.74. The average molecular weight is 291 g/mol. The molecule has 2 amide bonds. The summed E-state index contributed by atoms with van der Waals surface area (Å²) in [6.07, 6.45) is 5.80. The molecule has 2 fully saturated rings. The summed E-state index contributed by atoms with van der Waals surface area (Å²) in [4.78, 5) is 24.5. The number of carbonyl (C=O) groups is 1. The van der Waals surface area contributed by atoms with Crippen molar-refractivity contribution in [1.82, 2.24) is 20.2 Å². The molecule has 3 rings (SSSR count).